The SMILES string of the molecule is Cc1cc2ccccc2nc1N[C@@H](C)C(=O)O. The van der Waals surface area contributed by atoms with E-state index in [1.165, 1.54) is 0 Å². The Kier molecular flexibility index (Phi) is 2.95. The summed E-state index contributed by atoms with van der Waals surface area (Å²) in [7, 11) is 0. The molecule has 0 spiro atoms. The summed E-state index contributed by atoms with van der Waals surface area (Å²) in [5, 5.41) is 12.8. The lowest BCUT2D eigenvalue weighted by Crippen LogP contribution is -2.26. The number of rotatable bonds is 3. The summed E-state index contributed by atoms with van der Waals surface area (Å²) < 4.78 is 0. The fraction of sp³-hybridized carbons (Fsp3) is 0.231. The molecule has 0 aliphatic heterocycles. The number of carbonyl (C=O) groups is 1. The molecular weight excluding hydrogens is 216 g/mol. The van der Waals surface area contributed by atoms with Crippen LogP contribution in [-0.4, -0.2) is 22.1 Å². The van der Waals surface area contributed by atoms with Gasteiger partial charge in [0.1, 0.15) is 11.9 Å². The van der Waals surface area contributed by atoms with Gasteiger partial charge in [-0.05, 0) is 31.5 Å². The van der Waals surface area contributed by atoms with Crippen LogP contribution in [0.5, 0.6) is 0 Å². The first kappa shape index (κ1) is 11.4. The number of aliphatic carboxylic acids is 1. The third-order valence-electron chi connectivity index (χ3n) is 2.64. The molecule has 1 atom stereocenters. The molecule has 2 N–H and O–H groups in total. The van der Waals surface area contributed by atoms with Gasteiger partial charge in [-0.3, -0.25) is 4.79 Å². The van der Waals surface area contributed by atoms with Gasteiger partial charge in [0.15, 0.2) is 0 Å². The molecule has 0 radical (unpaired) electrons. The minimum atomic E-state index is -0.889. The van der Waals surface area contributed by atoms with Crippen LogP contribution >= 0.6 is 0 Å². The average molecular weight is 230 g/mol. The van der Waals surface area contributed by atoms with E-state index in [2.05, 4.69) is 10.3 Å². The number of carboxylic acids is 1. The number of aromatic nitrogens is 1. The minimum absolute atomic E-state index is 0.624. The molecule has 0 bridgehead atoms. The van der Waals surface area contributed by atoms with Crippen molar-refractivity contribution < 1.29 is 9.90 Å². The summed E-state index contributed by atoms with van der Waals surface area (Å²) >= 11 is 0. The molecule has 0 fully saturated rings. The Morgan fingerprint density at radius 2 is 2.12 bits per heavy atom. The van der Waals surface area contributed by atoms with Crippen molar-refractivity contribution in [2.75, 3.05) is 5.32 Å². The number of benzene rings is 1. The number of carboxylic acid groups (broad SMARTS) is 1. The lowest BCUT2D eigenvalue weighted by Gasteiger charge is -2.13. The molecule has 17 heavy (non-hydrogen) atoms. The molecule has 0 aliphatic rings. The molecular formula is C13H14N2O2. The predicted octanol–water partition coefficient (Wildman–Crippen LogP) is 2.43. The van der Waals surface area contributed by atoms with Crippen molar-refractivity contribution in [3.63, 3.8) is 0 Å². The highest BCUT2D eigenvalue weighted by Crippen LogP contribution is 2.19. The molecule has 1 aromatic heterocycles. The van der Waals surface area contributed by atoms with Crippen molar-refractivity contribution in [3.8, 4) is 0 Å². The van der Waals surface area contributed by atoms with Gasteiger partial charge in [-0.25, -0.2) is 4.98 Å². The Morgan fingerprint density at radius 3 is 2.82 bits per heavy atom. The second-order valence-electron chi connectivity index (χ2n) is 4.05. The summed E-state index contributed by atoms with van der Waals surface area (Å²) in [6.45, 7) is 3.51. The summed E-state index contributed by atoms with van der Waals surface area (Å²) in [6, 6.07) is 9.11. The van der Waals surface area contributed by atoms with E-state index < -0.39 is 12.0 Å². The molecule has 88 valence electrons. The van der Waals surface area contributed by atoms with Gasteiger partial charge in [0.2, 0.25) is 0 Å². The highest BCUT2D eigenvalue weighted by molar-refractivity contribution is 5.83. The first-order valence-corrected chi connectivity index (χ1v) is 5.43. The summed E-state index contributed by atoms with van der Waals surface area (Å²) in [5.74, 6) is -0.266. The summed E-state index contributed by atoms with van der Waals surface area (Å²) in [5.41, 5.74) is 1.80. The van der Waals surface area contributed by atoms with Crippen LogP contribution in [0.1, 0.15) is 12.5 Å². The zero-order valence-electron chi connectivity index (χ0n) is 9.77. The maximum atomic E-state index is 10.8. The molecule has 4 nitrogen and oxygen atoms in total. The number of nitrogens with one attached hydrogen (secondary N) is 1. The zero-order chi connectivity index (χ0) is 12.4. The Hall–Kier alpha value is -2.10. The van der Waals surface area contributed by atoms with Gasteiger partial charge in [-0.2, -0.15) is 0 Å². The van der Waals surface area contributed by atoms with E-state index in [9.17, 15) is 4.79 Å². The number of hydrogen-bond acceptors (Lipinski definition) is 3. The molecule has 4 heteroatoms. The highest BCUT2D eigenvalue weighted by atomic mass is 16.4. The van der Waals surface area contributed by atoms with Crippen LogP contribution in [0.2, 0.25) is 0 Å². The minimum Gasteiger partial charge on any atom is -0.480 e. The Morgan fingerprint density at radius 1 is 1.41 bits per heavy atom. The van der Waals surface area contributed by atoms with Gasteiger partial charge in [-0.15, -0.1) is 0 Å². The molecule has 0 saturated carbocycles. The van der Waals surface area contributed by atoms with Crippen LogP contribution in [0.3, 0.4) is 0 Å². The van der Waals surface area contributed by atoms with Crippen LogP contribution in [0.25, 0.3) is 10.9 Å². The number of hydrogen-bond donors (Lipinski definition) is 2. The average Bonchev–Trinajstić information content (AvgIpc) is 2.29. The summed E-state index contributed by atoms with van der Waals surface area (Å²) in [6.07, 6.45) is 0. The van der Waals surface area contributed by atoms with Crippen molar-refractivity contribution in [1.82, 2.24) is 4.98 Å². The maximum absolute atomic E-state index is 10.8. The Bertz CT molecular complexity index is 566. The number of pyridine rings is 1. The highest BCUT2D eigenvalue weighted by Gasteiger charge is 2.12. The van der Waals surface area contributed by atoms with Crippen LogP contribution < -0.4 is 5.32 Å². The molecule has 1 heterocycles. The second kappa shape index (κ2) is 4.41. The standard InChI is InChI=1S/C13H14N2O2/c1-8-7-10-5-3-4-6-11(10)15-12(8)14-9(2)13(16)17/h3-7,9H,1-2H3,(H,14,15)(H,16,17)/t9-/m0/s1. The number of aryl methyl sites for hydroxylation is 1. The fourth-order valence-corrected chi connectivity index (χ4v) is 1.63. The van der Waals surface area contributed by atoms with Gasteiger partial charge < -0.3 is 10.4 Å². The first-order valence-electron chi connectivity index (χ1n) is 5.43. The summed E-state index contributed by atoms with van der Waals surface area (Å²) in [4.78, 5) is 15.2. The Balaban J connectivity index is 2.40. The normalized spacial score (nSPS) is 12.4. The molecule has 0 saturated heterocycles. The van der Waals surface area contributed by atoms with Crippen molar-refractivity contribution in [2.24, 2.45) is 0 Å². The molecule has 0 unspecified atom stereocenters. The predicted molar refractivity (Wildman–Crippen MR) is 67.2 cm³/mol. The van der Waals surface area contributed by atoms with Gasteiger partial charge in [0.25, 0.3) is 0 Å². The van der Waals surface area contributed by atoms with Crippen molar-refractivity contribution >= 4 is 22.7 Å². The van der Waals surface area contributed by atoms with Gasteiger partial charge >= 0.3 is 5.97 Å². The van der Waals surface area contributed by atoms with E-state index in [0.717, 1.165) is 16.5 Å². The molecule has 0 aliphatic carbocycles. The van der Waals surface area contributed by atoms with Gasteiger partial charge in [-0.1, -0.05) is 18.2 Å². The lowest BCUT2D eigenvalue weighted by atomic mass is 10.1. The topological polar surface area (TPSA) is 62.2 Å². The monoisotopic (exact) mass is 230 g/mol. The van der Waals surface area contributed by atoms with Crippen LogP contribution in [0.15, 0.2) is 30.3 Å². The number of para-hydroxylation sites is 1. The van der Waals surface area contributed by atoms with Crippen LogP contribution in [-0.2, 0) is 4.79 Å². The van der Waals surface area contributed by atoms with E-state index >= 15 is 0 Å². The second-order valence-corrected chi connectivity index (χ2v) is 4.05. The number of nitrogens with zero attached hydrogens (tertiary/aromatic N) is 1. The largest absolute Gasteiger partial charge is 0.480 e. The van der Waals surface area contributed by atoms with E-state index in [1.54, 1.807) is 6.92 Å². The third kappa shape index (κ3) is 2.36. The number of fused-ring (bicyclic) bond motifs is 1. The fourth-order valence-electron chi connectivity index (χ4n) is 1.63. The zero-order valence-corrected chi connectivity index (χ0v) is 9.77. The Labute approximate surface area is 99.3 Å². The quantitative estimate of drug-likeness (QED) is 0.850. The van der Waals surface area contributed by atoms with E-state index in [0.29, 0.717) is 5.82 Å². The third-order valence-corrected chi connectivity index (χ3v) is 2.64. The first-order chi connectivity index (χ1) is 8.08. The van der Waals surface area contributed by atoms with E-state index in [-0.39, 0.29) is 0 Å². The molecule has 2 aromatic rings. The van der Waals surface area contributed by atoms with Crippen LogP contribution in [0.4, 0.5) is 5.82 Å². The van der Waals surface area contributed by atoms with E-state index in [1.807, 2.05) is 37.3 Å². The van der Waals surface area contributed by atoms with Crippen molar-refractivity contribution in [2.45, 2.75) is 19.9 Å². The van der Waals surface area contributed by atoms with Crippen LogP contribution in [0, 0.1) is 6.92 Å². The smallest absolute Gasteiger partial charge is 0.325 e. The number of anilines is 1. The van der Waals surface area contributed by atoms with Gasteiger partial charge in [0, 0.05) is 5.39 Å². The van der Waals surface area contributed by atoms with Crippen molar-refractivity contribution in [1.29, 1.82) is 0 Å². The molecule has 0 amide bonds. The maximum Gasteiger partial charge on any atom is 0.325 e. The van der Waals surface area contributed by atoms with E-state index in [4.69, 9.17) is 5.11 Å². The molecule has 2 rings (SSSR count). The van der Waals surface area contributed by atoms with Crippen molar-refractivity contribution in [3.05, 3.63) is 35.9 Å². The molecule has 1 aromatic carbocycles. The lowest BCUT2D eigenvalue weighted by molar-refractivity contribution is -0.137. The van der Waals surface area contributed by atoms with Gasteiger partial charge in [0.05, 0.1) is 5.52 Å².